The van der Waals surface area contributed by atoms with Crippen molar-refractivity contribution in [2.75, 3.05) is 18.8 Å². The average Bonchev–Trinajstić information content (AvgIpc) is 2.35. The van der Waals surface area contributed by atoms with Crippen LogP contribution in [0.5, 0.6) is 0 Å². The summed E-state index contributed by atoms with van der Waals surface area (Å²) >= 11 is 0. The molecule has 0 aromatic rings. The first-order valence-electron chi connectivity index (χ1n) is 7.54. The Morgan fingerprint density at radius 3 is 2.74 bits per heavy atom. The fourth-order valence-corrected chi connectivity index (χ4v) is 5.11. The summed E-state index contributed by atoms with van der Waals surface area (Å²) in [7, 11) is -3.13. The van der Waals surface area contributed by atoms with E-state index in [0.29, 0.717) is 31.8 Å². The normalized spacial score (nSPS) is 33.4. The minimum atomic E-state index is -3.13. The van der Waals surface area contributed by atoms with Gasteiger partial charge in [0.15, 0.2) is 0 Å². The highest BCUT2D eigenvalue weighted by molar-refractivity contribution is 7.89. The fourth-order valence-electron chi connectivity index (χ4n) is 3.31. The molecule has 5 heteroatoms. The molecule has 2 fully saturated rings. The maximum atomic E-state index is 12.3. The summed E-state index contributed by atoms with van der Waals surface area (Å²) < 4.78 is 26.3. The highest BCUT2D eigenvalue weighted by Gasteiger charge is 2.45. The molecule has 0 aromatic carbocycles. The summed E-state index contributed by atoms with van der Waals surface area (Å²) in [6.45, 7) is 5.11. The number of piperidine rings is 1. The van der Waals surface area contributed by atoms with Gasteiger partial charge in [0.05, 0.1) is 11.4 Å². The monoisotopic (exact) mass is 289 g/mol. The van der Waals surface area contributed by atoms with E-state index in [1.807, 2.05) is 13.8 Å². The van der Waals surface area contributed by atoms with Crippen LogP contribution in [0, 0.1) is 11.8 Å². The van der Waals surface area contributed by atoms with Crippen molar-refractivity contribution in [1.82, 2.24) is 4.31 Å². The summed E-state index contributed by atoms with van der Waals surface area (Å²) in [5.41, 5.74) is -0.595. The zero-order chi connectivity index (χ0) is 14.1. The molecule has 2 unspecified atom stereocenters. The van der Waals surface area contributed by atoms with Crippen molar-refractivity contribution in [1.29, 1.82) is 0 Å². The molecule has 2 aliphatic rings. The molecule has 2 rings (SSSR count). The zero-order valence-corrected chi connectivity index (χ0v) is 13.0. The van der Waals surface area contributed by atoms with Gasteiger partial charge in [-0.25, -0.2) is 12.7 Å². The van der Waals surface area contributed by atoms with E-state index >= 15 is 0 Å². The molecule has 0 aromatic heterocycles. The third-order valence-corrected chi connectivity index (χ3v) is 6.61. The smallest absolute Gasteiger partial charge is 0.214 e. The summed E-state index contributed by atoms with van der Waals surface area (Å²) in [4.78, 5) is 0. The SMILES string of the molecule is CC(C)CCS(=O)(=O)N1CCC2(O)CCCCC2C1. The van der Waals surface area contributed by atoms with Gasteiger partial charge >= 0.3 is 0 Å². The predicted octanol–water partition coefficient (Wildman–Crippen LogP) is 1.99. The van der Waals surface area contributed by atoms with Gasteiger partial charge in [0, 0.05) is 19.0 Å². The molecule has 1 saturated heterocycles. The molecule has 0 amide bonds. The van der Waals surface area contributed by atoms with E-state index in [1.54, 1.807) is 4.31 Å². The van der Waals surface area contributed by atoms with Gasteiger partial charge in [-0.3, -0.25) is 0 Å². The first-order valence-corrected chi connectivity index (χ1v) is 9.15. The Morgan fingerprint density at radius 1 is 1.32 bits per heavy atom. The van der Waals surface area contributed by atoms with Gasteiger partial charge in [0.25, 0.3) is 0 Å². The topological polar surface area (TPSA) is 57.6 Å². The molecule has 0 bridgehead atoms. The van der Waals surface area contributed by atoms with Crippen molar-refractivity contribution in [3.63, 3.8) is 0 Å². The number of hydrogen-bond donors (Lipinski definition) is 1. The number of aliphatic hydroxyl groups is 1. The van der Waals surface area contributed by atoms with E-state index in [0.717, 1.165) is 25.7 Å². The molecule has 1 N–H and O–H groups in total. The lowest BCUT2D eigenvalue weighted by Crippen LogP contribution is -2.54. The molecule has 2 atom stereocenters. The number of rotatable bonds is 4. The maximum Gasteiger partial charge on any atom is 0.214 e. The summed E-state index contributed by atoms with van der Waals surface area (Å²) in [5, 5.41) is 10.6. The van der Waals surface area contributed by atoms with Crippen LogP contribution in [-0.4, -0.2) is 42.3 Å². The van der Waals surface area contributed by atoms with Gasteiger partial charge < -0.3 is 5.11 Å². The summed E-state index contributed by atoms with van der Waals surface area (Å²) in [5.74, 6) is 0.797. The highest BCUT2D eigenvalue weighted by atomic mass is 32.2. The van der Waals surface area contributed by atoms with E-state index < -0.39 is 15.6 Å². The molecule has 0 radical (unpaired) electrons. The van der Waals surface area contributed by atoms with Gasteiger partial charge in [-0.15, -0.1) is 0 Å². The third kappa shape index (κ3) is 3.50. The minimum absolute atomic E-state index is 0.142. The average molecular weight is 289 g/mol. The molecule has 0 spiro atoms. The largest absolute Gasteiger partial charge is 0.390 e. The highest BCUT2D eigenvalue weighted by Crippen LogP contribution is 2.40. The number of nitrogens with zero attached hydrogens (tertiary/aromatic N) is 1. The van der Waals surface area contributed by atoms with Gasteiger partial charge in [0.1, 0.15) is 0 Å². The van der Waals surface area contributed by atoms with Crippen molar-refractivity contribution in [3.05, 3.63) is 0 Å². The minimum Gasteiger partial charge on any atom is -0.390 e. The van der Waals surface area contributed by atoms with Crippen LogP contribution in [0.15, 0.2) is 0 Å². The van der Waals surface area contributed by atoms with Crippen LogP contribution in [0.2, 0.25) is 0 Å². The van der Waals surface area contributed by atoms with Gasteiger partial charge in [0.2, 0.25) is 10.0 Å². The Morgan fingerprint density at radius 2 is 2.05 bits per heavy atom. The van der Waals surface area contributed by atoms with Crippen molar-refractivity contribution in [2.24, 2.45) is 11.8 Å². The first kappa shape index (κ1) is 15.3. The number of sulfonamides is 1. The quantitative estimate of drug-likeness (QED) is 0.861. The molecular formula is C14H27NO3S. The van der Waals surface area contributed by atoms with Gasteiger partial charge in [-0.05, 0) is 31.6 Å². The van der Waals surface area contributed by atoms with E-state index in [-0.39, 0.29) is 11.7 Å². The van der Waals surface area contributed by atoms with Crippen LogP contribution < -0.4 is 0 Å². The fraction of sp³-hybridized carbons (Fsp3) is 1.00. The number of hydrogen-bond acceptors (Lipinski definition) is 3. The van der Waals surface area contributed by atoms with E-state index in [2.05, 4.69) is 0 Å². The standard InChI is InChI=1S/C14H27NO3S/c1-12(2)6-10-19(17,18)15-9-8-14(16)7-4-3-5-13(14)11-15/h12-13,16H,3-11H2,1-2H3. The molecule has 1 aliphatic carbocycles. The van der Waals surface area contributed by atoms with Crippen molar-refractivity contribution in [3.8, 4) is 0 Å². The molecular weight excluding hydrogens is 262 g/mol. The van der Waals surface area contributed by atoms with Crippen molar-refractivity contribution < 1.29 is 13.5 Å². The van der Waals surface area contributed by atoms with Crippen molar-refractivity contribution >= 4 is 10.0 Å². The summed E-state index contributed by atoms with van der Waals surface area (Å²) in [6.07, 6.45) is 5.33. The Balaban J connectivity index is 2.00. The Labute approximate surface area is 117 Å². The lowest BCUT2D eigenvalue weighted by Gasteiger charge is -2.46. The molecule has 1 heterocycles. The second kappa shape index (κ2) is 5.70. The third-order valence-electron chi connectivity index (χ3n) is 4.74. The summed E-state index contributed by atoms with van der Waals surface area (Å²) in [6, 6.07) is 0. The second-order valence-corrected chi connectivity index (χ2v) is 8.74. The maximum absolute atomic E-state index is 12.3. The van der Waals surface area contributed by atoms with Crippen LogP contribution in [-0.2, 0) is 10.0 Å². The van der Waals surface area contributed by atoms with Gasteiger partial charge in [-0.1, -0.05) is 26.7 Å². The molecule has 1 saturated carbocycles. The Hall–Kier alpha value is -0.130. The van der Waals surface area contributed by atoms with Crippen molar-refractivity contribution in [2.45, 2.75) is 58.0 Å². The van der Waals surface area contributed by atoms with Crippen LogP contribution in [0.25, 0.3) is 0 Å². The lowest BCUT2D eigenvalue weighted by molar-refractivity contribution is -0.0816. The lowest BCUT2D eigenvalue weighted by atomic mass is 9.72. The van der Waals surface area contributed by atoms with Crippen LogP contribution in [0.1, 0.15) is 52.4 Å². The molecule has 1 aliphatic heterocycles. The van der Waals surface area contributed by atoms with Crippen LogP contribution in [0.3, 0.4) is 0 Å². The van der Waals surface area contributed by atoms with Crippen LogP contribution in [0.4, 0.5) is 0 Å². The second-order valence-electron chi connectivity index (χ2n) is 6.65. The molecule has 112 valence electrons. The van der Waals surface area contributed by atoms with Crippen LogP contribution >= 0.6 is 0 Å². The molecule has 4 nitrogen and oxygen atoms in total. The first-order chi connectivity index (χ1) is 8.83. The van der Waals surface area contributed by atoms with Gasteiger partial charge in [-0.2, -0.15) is 0 Å². The number of fused-ring (bicyclic) bond motifs is 1. The predicted molar refractivity (Wildman–Crippen MR) is 76.3 cm³/mol. The Kier molecular flexibility index (Phi) is 4.58. The van der Waals surface area contributed by atoms with E-state index in [1.165, 1.54) is 0 Å². The Bertz CT molecular complexity index is 407. The zero-order valence-electron chi connectivity index (χ0n) is 12.1. The molecule has 19 heavy (non-hydrogen) atoms. The van der Waals surface area contributed by atoms with E-state index in [9.17, 15) is 13.5 Å². The van der Waals surface area contributed by atoms with E-state index in [4.69, 9.17) is 0 Å².